The Labute approximate surface area is 76.9 Å². The lowest BCUT2D eigenvalue weighted by molar-refractivity contribution is -0.144. The Bertz CT molecular complexity index is 300. The molecule has 0 radical (unpaired) electrons. The fourth-order valence-electron chi connectivity index (χ4n) is 0.677. The molecule has 1 aromatic carbocycles. The molecule has 0 spiro atoms. The first-order chi connectivity index (χ1) is 6.02. The molecule has 1 nitrogen and oxygen atoms in total. The standard InChI is InChI=1S/C8H5F3OS/c9-7(12)8(10,11)13-6-4-2-1-3-5-6/h1-5H. The average molecular weight is 206 g/mol. The van der Waals surface area contributed by atoms with Gasteiger partial charge in [-0.25, -0.2) is 0 Å². The molecular weight excluding hydrogens is 201 g/mol. The van der Waals surface area contributed by atoms with Gasteiger partial charge in [0.05, 0.1) is 0 Å². The highest BCUT2D eigenvalue weighted by atomic mass is 32.2. The Morgan fingerprint density at radius 3 is 2.23 bits per heavy atom. The quantitative estimate of drug-likeness (QED) is 0.558. The molecule has 70 valence electrons. The van der Waals surface area contributed by atoms with Crippen LogP contribution in [-0.2, 0) is 4.79 Å². The van der Waals surface area contributed by atoms with E-state index in [0.29, 0.717) is 0 Å². The van der Waals surface area contributed by atoms with Gasteiger partial charge in [0.2, 0.25) is 0 Å². The minimum absolute atomic E-state index is 0.104. The van der Waals surface area contributed by atoms with Gasteiger partial charge in [-0.3, -0.25) is 4.79 Å². The molecule has 0 aliphatic carbocycles. The van der Waals surface area contributed by atoms with Crippen molar-refractivity contribution in [3.05, 3.63) is 30.3 Å². The van der Waals surface area contributed by atoms with Crippen LogP contribution in [0.5, 0.6) is 0 Å². The maximum absolute atomic E-state index is 12.5. The predicted octanol–water partition coefficient (Wildman–Crippen LogP) is 2.87. The van der Waals surface area contributed by atoms with Gasteiger partial charge in [-0.15, -0.1) is 0 Å². The van der Waals surface area contributed by atoms with E-state index in [1.807, 2.05) is 0 Å². The van der Waals surface area contributed by atoms with Gasteiger partial charge in [0.1, 0.15) is 0 Å². The average Bonchev–Trinajstić information content (AvgIpc) is 2.05. The Hall–Kier alpha value is -0.970. The van der Waals surface area contributed by atoms with Crippen LogP contribution in [0.15, 0.2) is 35.2 Å². The maximum Gasteiger partial charge on any atom is 0.386 e. The number of halogens is 3. The third-order valence-corrected chi connectivity index (χ3v) is 2.14. The van der Waals surface area contributed by atoms with Crippen LogP contribution in [0, 0.1) is 0 Å². The summed E-state index contributed by atoms with van der Waals surface area (Å²) in [4.78, 5) is 9.98. The van der Waals surface area contributed by atoms with Gasteiger partial charge >= 0.3 is 11.3 Å². The number of carbonyl (C=O) groups excluding carboxylic acids is 1. The summed E-state index contributed by atoms with van der Waals surface area (Å²) in [6, 6.07) is 4.83. The molecule has 0 atom stereocenters. The molecule has 0 heterocycles. The van der Waals surface area contributed by atoms with E-state index >= 15 is 0 Å². The lowest BCUT2D eigenvalue weighted by Crippen LogP contribution is -2.19. The lowest BCUT2D eigenvalue weighted by Gasteiger charge is -2.08. The van der Waals surface area contributed by atoms with Crippen molar-refractivity contribution in [3.8, 4) is 0 Å². The third-order valence-electron chi connectivity index (χ3n) is 1.22. The van der Waals surface area contributed by atoms with Gasteiger partial charge in [0.15, 0.2) is 0 Å². The van der Waals surface area contributed by atoms with E-state index in [4.69, 9.17) is 0 Å². The van der Waals surface area contributed by atoms with E-state index < -0.39 is 11.3 Å². The minimum Gasteiger partial charge on any atom is -0.253 e. The van der Waals surface area contributed by atoms with Crippen molar-refractivity contribution < 1.29 is 18.0 Å². The highest BCUT2D eigenvalue weighted by Crippen LogP contribution is 2.36. The summed E-state index contributed by atoms with van der Waals surface area (Å²) in [5, 5.41) is -3.98. The van der Waals surface area contributed by atoms with Crippen molar-refractivity contribution in [2.75, 3.05) is 0 Å². The lowest BCUT2D eigenvalue weighted by atomic mass is 10.4. The van der Waals surface area contributed by atoms with E-state index in [0.717, 1.165) is 0 Å². The van der Waals surface area contributed by atoms with Crippen LogP contribution >= 0.6 is 11.8 Å². The number of carbonyl (C=O) groups is 1. The second-order valence-electron chi connectivity index (χ2n) is 2.21. The molecule has 0 bridgehead atoms. The zero-order valence-corrected chi connectivity index (χ0v) is 7.15. The van der Waals surface area contributed by atoms with Crippen LogP contribution < -0.4 is 0 Å². The van der Waals surface area contributed by atoms with Crippen LogP contribution in [0.4, 0.5) is 13.2 Å². The molecule has 0 saturated heterocycles. The first kappa shape index (κ1) is 10.1. The topological polar surface area (TPSA) is 17.1 Å². The fraction of sp³-hybridized carbons (Fsp3) is 0.125. The van der Waals surface area contributed by atoms with Gasteiger partial charge in [0, 0.05) is 4.90 Å². The number of hydrogen-bond acceptors (Lipinski definition) is 2. The molecular formula is C8H5F3OS. The molecule has 0 unspecified atom stereocenters. The summed E-state index contributed by atoms with van der Waals surface area (Å²) >= 11 is -0.104. The van der Waals surface area contributed by atoms with Gasteiger partial charge in [-0.1, -0.05) is 18.2 Å². The molecule has 0 fully saturated rings. The zero-order chi connectivity index (χ0) is 9.90. The minimum atomic E-state index is -3.98. The smallest absolute Gasteiger partial charge is 0.253 e. The summed E-state index contributed by atoms with van der Waals surface area (Å²) in [5.41, 5.74) is 0. The molecule has 0 aromatic heterocycles. The maximum atomic E-state index is 12.5. The number of thioether (sulfide) groups is 1. The second-order valence-corrected chi connectivity index (χ2v) is 3.39. The summed E-state index contributed by atoms with van der Waals surface area (Å²) in [6.07, 6.45) is 0. The molecule has 0 N–H and O–H groups in total. The summed E-state index contributed by atoms with van der Waals surface area (Å²) < 4.78 is 36.7. The zero-order valence-electron chi connectivity index (χ0n) is 6.34. The van der Waals surface area contributed by atoms with Crippen LogP contribution in [0.3, 0.4) is 0 Å². The van der Waals surface area contributed by atoms with Crippen LogP contribution in [-0.4, -0.2) is 11.3 Å². The normalized spacial score (nSPS) is 11.3. The molecule has 1 rings (SSSR count). The number of hydrogen-bond donors (Lipinski definition) is 0. The molecule has 0 amide bonds. The van der Waals surface area contributed by atoms with Gasteiger partial charge in [-0.05, 0) is 23.9 Å². The van der Waals surface area contributed by atoms with Crippen LogP contribution in [0.1, 0.15) is 0 Å². The second kappa shape index (κ2) is 3.83. The highest BCUT2D eigenvalue weighted by molar-refractivity contribution is 8.01. The monoisotopic (exact) mass is 206 g/mol. The van der Waals surface area contributed by atoms with Crippen LogP contribution in [0.2, 0.25) is 0 Å². The molecule has 0 aliphatic heterocycles. The van der Waals surface area contributed by atoms with Crippen molar-refractivity contribution in [1.82, 2.24) is 0 Å². The largest absolute Gasteiger partial charge is 0.386 e. The summed E-state index contributed by atoms with van der Waals surface area (Å²) in [7, 11) is 0. The third kappa shape index (κ3) is 2.77. The SMILES string of the molecule is O=C(F)C(F)(F)Sc1ccccc1. The predicted molar refractivity (Wildman–Crippen MR) is 43.4 cm³/mol. The van der Waals surface area contributed by atoms with Crippen LogP contribution in [0.25, 0.3) is 0 Å². The van der Waals surface area contributed by atoms with Gasteiger partial charge < -0.3 is 0 Å². The van der Waals surface area contributed by atoms with E-state index in [2.05, 4.69) is 0 Å². The molecule has 5 heteroatoms. The molecule has 0 aliphatic rings. The van der Waals surface area contributed by atoms with E-state index in [-0.39, 0.29) is 16.7 Å². The Morgan fingerprint density at radius 2 is 1.77 bits per heavy atom. The first-order valence-corrected chi connectivity index (χ1v) is 4.16. The van der Waals surface area contributed by atoms with E-state index in [1.54, 1.807) is 6.07 Å². The van der Waals surface area contributed by atoms with Crippen molar-refractivity contribution in [1.29, 1.82) is 0 Å². The van der Waals surface area contributed by atoms with E-state index in [1.165, 1.54) is 24.3 Å². The van der Waals surface area contributed by atoms with Gasteiger partial charge in [0.25, 0.3) is 0 Å². The summed E-state index contributed by atoms with van der Waals surface area (Å²) in [5.74, 6) is 0. The number of benzene rings is 1. The van der Waals surface area contributed by atoms with Crippen molar-refractivity contribution in [3.63, 3.8) is 0 Å². The number of rotatable bonds is 3. The van der Waals surface area contributed by atoms with Crippen molar-refractivity contribution in [2.24, 2.45) is 0 Å². The van der Waals surface area contributed by atoms with E-state index in [9.17, 15) is 18.0 Å². The first-order valence-electron chi connectivity index (χ1n) is 3.34. The van der Waals surface area contributed by atoms with Crippen molar-refractivity contribution >= 4 is 17.8 Å². The molecule has 13 heavy (non-hydrogen) atoms. The Kier molecular flexibility index (Phi) is 2.98. The summed E-state index contributed by atoms with van der Waals surface area (Å²) in [6.45, 7) is 0. The molecule has 1 aromatic rings. The fourth-order valence-corrected chi connectivity index (χ4v) is 1.35. The number of alkyl halides is 2. The van der Waals surface area contributed by atoms with Crippen molar-refractivity contribution in [2.45, 2.75) is 10.2 Å². The Balaban J connectivity index is 2.75. The molecule has 0 saturated carbocycles. The Morgan fingerprint density at radius 1 is 1.23 bits per heavy atom. The highest BCUT2D eigenvalue weighted by Gasteiger charge is 2.40. The van der Waals surface area contributed by atoms with Gasteiger partial charge in [-0.2, -0.15) is 13.2 Å².